The van der Waals surface area contributed by atoms with E-state index in [1.165, 1.54) is 5.56 Å². The molecule has 4 nitrogen and oxygen atoms in total. The Morgan fingerprint density at radius 3 is 2.72 bits per heavy atom. The van der Waals surface area contributed by atoms with E-state index in [2.05, 4.69) is 27.7 Å². The summed E-state index contributed by atoms with van der Waals surface area (Å²) in [6.07, 6.45) is 0.890. The molecule has 18 heavy (non-hydrogen) atoms. The molecule has 0 unspecified atom stereocenters. The Labute approximate surface area is 108 Å². The zero-order chi connectivity index (χ0) is 12.8. The van der Waals surface area contributed by atoms with Gasteiger partial charge in [0.1, 0.15) is 0 Å². The number of carbonyl (C=O) groups excluding carboxylic acids is 1. The lowest BCUT2D eigenvalue weighted by molar-refractivity contribution is -0.122. The molecule has 0 aromatic heterocycles. The predicted molar refractivity (Wildman–Crippen MR) is 72.4 cm³/mol. The van der Waals surface area contributed by atoms with Gasteiger partial charge in [-0.3, -0.25) is 9.69 Å². The van der Waals surface area contributed by atoms with Crippen molar-refractivity contribution in [1.82, 2.24) is 15.5 Å². The monoisotopic (exact) mass is 247 g/mol. The van der Waals surface area contributed by atoms with Gasteiger partial charge in [0.25, 0.3) is 0 Å². The first-order valence-corrected chi connectivity index (χ1v) is 6.47. The third-order valence-electron chi connectivity index (χ3n) is 3.35. The van der Waals surface area contributed by atoms with E-state index in [9.17, 15) is 4.79 Å². The van der Waals surface area contributed by atoms with Gasteiger partial charge < -0.3 is 10.6 Å². The molecule has 1 amide bonds. The minimum atomic E-state index is 0.111. The quantitative estimate of drug-likeness (QED) is 0.757. The molecule has 0 bridgehead atoms. The summed E-state index contributed by atoms with van der Waals surface area (Å²) in [5.41, 5.74) is 1.26. The molecule has 0 saturated carbocycles. The first-order valence-electron chi connectivity index (χ1n) is 6.47. The van der Waals surface area contributed by atoms with E-state index in [1.807, 2.05) is 25.2 Å². The van der Waals surface area contributed by atoms with E-state index in [0.717, 1.165) is 19.5 Å². The Bertz CT molecular complexity index is 376. The number of hydrogen-bond acceptors (Lipinski definition) is 3. The SMILES string of the molecule is CN(CC(=O)NCCc1ccccc1)C1CNC1. The number of amides is 1. The van der Waals surface area contributed by atoms with Crippen LogP contribution in [0, 0.1) is 0 Å². The molecule has 0 aliphatic carbocycles. The Hall–Kier alpha value is -1.39. The van der Waals surface area contributed by atoms with Crippen molar-refractivity contribution < 1.29 is 4.79 Å². The minimum absolute atomic E-state index is 0.111. The van der Waals surface area contributed by atoms with Crippen molar-refractivity contribution >= 4 is 5.91 Å². The molecule has 1 heterocycles. The first-order chi connectivity index (χ1) is 8.75. The van der Waals surface area contributed by atoms with Crippen molar-refractivity contribution in [3.63, 3.8) is 0 Å². The third kappa shape index (κ3) is 3.82. The molecule has 98 valence electrons. The van der Waals surface area contributed by atoms with E-state index in [4.69, 9.17) is 0 Å². The van der Waals surface area contributed by atoms with Gasteiger partial charge in [0.15, 0.2) is 0 Å². The zero-order valence-corrected chi connectivity index (χ0v) is 10.9. The number of carbonyl (C=O) groups is 1. The average molecular weight is 247 g/mol. The first kappa shape index (κ1) is 13.1. The summed E-state index contributed by atoms with van der Waals surface area (Å²) in [4.78, 5) is 13.8. The third-order valence-corrected chi connectivity index (χ3v) is 3.35. The van der Waals surface area contributed by atoms with Crippen LogP contribution in [0.2, 0.25) is 0 Å². The van der Waals surface area contributed by atoms with Crippen LogP contribution in [0.1, 0.15) is 5.56 Å². The lowest BCUT2D eigenvalue weighted by atomic mass is 10.1. The molecule has 1 aromatic carbocycles. The summed E-state index contributed by atoms with van der Waals surface area (Å²) in [5, 5.41) is 6.17. The maximum atomic E-state index is 11.7. The maximum Gasteiger partial charge on any atom is 0.234 e. The molecular formula is C14H21N3O. The van der Waals surface area contributed by atoms with Gasteiger partial charge in [0.2, 0.25) is 5.91 Å². The van der Waals surface area contributed by atoms with Crippen LogP contribution in [-0.4, -0.2) is 50.1 Å². The van der Waals surface area contributed by atoms with Crippen molar-refractivity contribution in [1.29, 1.82) is 0 Å². The minimum Gasteiger partial charge on any atom is -0.355 e. The Balaban J connectivity index is 1.62. The fraction of sp³-hybridized carbons (Fsp3) is 0.500. The van der Waals surface area contributed by atoms with Gasteiger partial charge in [-0.2, -0.15) is 0 Å². The van der Waals surface area contributed by atoms with Crippen LogP contribution in [0.4, 0.5) is 0 Å². The molecule has 1 aliphatic rings. The van der Waals surface area contributed by atoms with Crippen molar-refractivity contribution in [2.45, 2.75) is 12.5 Å². The van der Waals surface area contributed by atoms with Crippen LogP contribution in [-0.2, 0) is 11.2 Å². The lowest BCUT2D eigenvalue weighted by Crippen LogP contribution is -2.57. The number of hydrogen-bond donors (Lipinski definition) is 2. The molecular weight excluding hydrogens is 226 g/mol. The molecule has 1 fully saturated rings. The molecule has 1 saturated heterocycles. The van der Waals surface area contributed by atoms with Crippen LogP contribution in [0.5, 0.6) is 0 Å². The van der Waals surface area contributed by atoms with Crippen LogP contribution in [0.15, 0.2) is 30.3 Å². The second kappa shape index (κ2) is 6.52. The van der Waals surface area contributed by atoms with Crippen molar-refractivity contribution in [3.8, 4) is 0 Å². The highest BCUT2D eigenvalue weighted by molar-refractivity contribution is 5.78. The zero-order valence-electron chi connectivity index (χ0n) is 10.9. The van der Waals surface area contributed by atoms with Crippen LogP contribution >= 0.6 is 0 Å². The molecule has 0 radical (unpaired) electrons. The van der Waals surface area contributed by atoms with Crippen LogP contribution in [0.3, 0.4) is 0 Å². The molecule has 4 heteroatoms. The predicted octanol–water partition coefficient (Wildman–Crippen LogP) is 0.249. The second-order valence-corrected chi connectivity index (χ2v) is 4.81. The van der Waals surface area contributed by atoms with Crippen LogP contribution in [0.25, 0.3) is 0 Å². The Morgan fingerprint density at radius 1 is 1.39 bits per heavy atom. The fourth-order valence-electron chi connectivity index (χ4n) is 1.99. The second-order valence-electron chi connectivity index (χ2n) is 4.81. The van der Waals surface area contributed by atoms with Gasteiger partial charge in [0, 0.05) is 25.7 Å². The van der Waals surface area contributed by atoms with Gasteiger partial charge in [-0.1, -0.05) is 30.3 Å². The highest BCUT2D eigenvalue weighted by Gasteiger charge is 2.22. The molecule has 2 N–H and O–H groups in total. The largest absolute Gasteiger partial charge is 0.355 e. The average Bonchev–Trinajstić information content (AvgIpc) is 2.27. The number of nitrogens with zero attached hydrogens (tertiary/aromatic N) is 1. The molecule has 0 spiro atoms. The molecule has 1 aromatic rings. The maximum absolute atomic E-state index is 11.7. The summed E-state index contributed by atoms with van der Waals surface area (Å²) in [6.45, 7) is 3.18. The van der Waals surface area contributed by atoms with E-state index in [0.29, 0.717) is 19.1 Å². The standard InChI is InChI=1S/C14H21N3O/c1-17(13-9-15-10-13)11-14(18)16-8-7-12-5-3-2-4-6-12/h2-6,13,15H,7-11H2,1H3,(H,16,18). The van der Waals surface area contributed by atoms with Crippen molar-refractivity contribution in [3.05, 3.63) is 35.9 Å². The summed E-state index contributed by atoms with van der Waals surface area (Å²) in [5.74, 6) is 0.111. The van der Waals surface area contributed by atoms with Gasteiger partial charge in [-0.05, 0) is 19.0 Å². The Morgan fingerprint density at radius 2 is 2.11 bits per heavy atom. The van der Waals surface area contributed by atoms with Gasteiger partial charge in [-0.25, -0.2) is 0 Å². The van der Waals surface area contributed by atoms with Gasteiger partial charge >= 0.3 is 0 Å². The van der Waals surface area contributed by atoms with Crippen molar-refractivity contribution in [2.24, 2.45) is 0 Å². The number of likely N-dealkylation sites (N-methyl/N-ethyl adjacent to an activating group) is 1. The van der Waals surface area contributed by atoms with Gasteiger partial charge in [-0.15, -0.1) is 0 Å². The highest BCUT2D eigenvalue weighted by Crippen LogP contribution is 2.01. The molecule has 1 aliphatic heterocycles. The molecule has 0 atom stereocenters. The number of nitrogens with one attached hydrogen (secondary N) is 2. The molecule has 2 rings (SSSR count). The van der Waals surface area contributed by atoms with E-state index < -0.39 is 0 Å². The van der Waals surface area contributed by atoms with E-state index in [1.54, 1.807) is 0 Å². The summed E-state index contributed by atoms with van der Waals surface area (Å²) >= 11 is 0. The Kier molecular flexibility index (Phi) is 4.73. The lowest BCUT2D eigenvalue weighted by Gasteiger charge is -2.35. The normalized spacial score (nSPS) is 15.4. The highest BCUT2D eigenvalue weighted by atomic mass is 16.2. The smallest absolute Gasteiger partial charge is 0.234 e. The fourth-order valence-corrected chi connectivity index (χ4v) is 1.99. The van der Waals surface area contributed by atoms with E-state index >= 15 is 0 Å². The summed E-state index contributed by atoms with van der Waals surface area (Å²) < 4.78 is 0. The van der Waals surface area contributed by atoms with Crippen LogP contribution < -0.4 is 10.6 Å². The van der Waals surface area contributed by atoms with E-state index in [-0.39, 0.29) is 5.91 Å². The summed E-state index contributed by atoms with van der Waals surface area (Å²) in [6, 6.07) is 10.7. The number of benzene rings is 1. The topological polar surface area (TPSA) is 44.4 Å². The number of rotatable bonds is 6. The van der Waals surface area contributed by atoms with Gasteiger partial charge in [0.05, 0.1) is 6.54 Å². The summed E-state index contributed by atoms with van der Waals surface area (Å²) in [7, 11) is 2.00. The van der Waals surface area contributed by atoms with Crippen molar-refractivity contribution in [2.75, 3.05) is 33.2 Å².